The van der Waals surface area contributed by atoms with E-state index in [1.165, 1.54) is 0 Å². The van der Waals surface area contributed by atoms with Crippen LogP contribution in [0.1, 0.15) is 6.42 Å². The van der Waals surface area contributed by atoms with Crippen molar-refractivity contribution in [3.63, 3.8) is 0 Å². The molecule has 0 unspecified atom stereocenters. The molecule has 0 amide bonds. The first-order valence-electron chi connectivity index (χ1n) is 1.74. The lowest BCUT2D eigenvalue weighted by Crippen LogP contribution is -1.88. The van der Waals surface area contributed by atoms with Crippen LogP contribution in [0, 0.1) is 0 Å². The van der Waals surface area contributed by atoms with E-state index in [9.17, 15) is 9.18 Å². The third-order valence-electron chi connectivity index (χ3n) is 0.382. The smallest absolute Gasteiger partial charge is 0.307 e. The quantitative estimate of drug-likeness (QED) is 0.566. The van der Waals surface area contributed by atoms with Crippen molar-refractivity contribution in [1.29, 1.82) is 0 Å². The molecule has 40 valence electrons. The second-order valence-corrected chi connectivity index (χ2v) is 0.960. The van der Waals surface area contributed by atoms with Gasteiger partial charge in [0.15, 0.2) is 0 Å². The van der Waals surface area contributed by atoms with E-state index in [0.717, 1.165) is 6.08 Å². The van der Waals surface area contributed by atoms with Gasteiger partial charge in [0.25, 0.3) is 0 Å². The first-order valence-corrected chi connectivity index (χ1v) is 1.74. The maximum Gasteiger partial charge on any atom is 0.307 e. The average Bonchev–Trinajstić information content (AvgIpc) is 1.61. The summed E-state index contributed by atoms with van der Waals surface area (Å²) < 4.78 is 10.9. The van der Waals surface area contributed by atoms with E-state index in [-0.39, 0.29) is 12.8 Å². The highest BCUT2D eigenvalue weighted by Crippen LogP contribution is 1.80. The molecule has 0 aromatic carbocycles. The standard InChI is InChI=1S/C4H5FO2/c5-3-1-2-4(6)7/h1,3H,2H2,(H,6,7). The van der Waals surface area contributed by atoms with Gasteiger partial charge >= 0.3 is 5.97 Å². The van der Waals surface area contributed by atoms with E-state index < -0.39 is 5.97 Å². The van der Waals surface area contributed by atoms with Crippen LogP contribution in [0.4, 0.5) is 4.39 Å². The molecular formula is C4H5FO2. The maximum absolute atomic E-state index is 10.9. The Labute approximate surface area is 40.3 Å². The summed E-state index contributed by atoms with van der Waals surface area (Å²) in [5.74, 6) is -1.02. The summed E-state index contributed by atoms with van der Waals surface area (Å²) in [6.45, 7) is 0. The second-order valence-electron chi connectivity index (χ2n) is 0.960. The maximum atomic E-state index is 10.9. The summed E-state index contributed by atoms with van der Waals surface area (Å²) in [6, 6.07) is 0. The van der Waals surface area contributed by atoms with Crippen LogP contribution in [0.15, 0.2) is 12.4 Å². The fraction of sp³-hybridized carbons (Fsp3) is 0.250. The van der Waals surface area contributed by atoms with Crippen molar-refractivity contribution < 1.29 is 14.3 Å². The summed E-state index contributed by atoms with van der Waals surface area (Å²) >= 11 is 0. The zero-order valence-electron chi connectivity index (χ0n) is 3.60. The molecule has 3 heteroatoms. The van der Waals surface area contributed by atoms with Gasteiger partial charge in [-0.2, -0.15) is 0 Å². The van der Waals surface area contributed by atoms with Gasteiger partial charge in [0, 0.05) is 0 Å². The normalized spacial score (nSPS) is 9.86. The predicted molar refractivity (Wildman–Crippen MR) is 22.5 cm³/mol. The molecule has 0 spiro atoms. The van der Waals surface area contributed by atoms with Crippen molar-refractivity contribution in [3.05, 3.63) is 12.4 Å². The van der Waals surface area contributed by atoms with Crippen LogP contribution in [0.2, 0.25) is 0 Å². The van der Waals surface area contributed by atoms with Crippen LogP contribution in [-0.2, 0) is 4.79 Å². The number of carboxylic acid groups (broad SMARTS) is 1. The molecule has 0 aliphatic rings. The third kappa shape index (κ3) is 5.14. The zero-order chi connectivity index (χ0) is 5.70. The SMILES string of the molecule is O=C(O)CC=CF. The molecule has 0 aromatic heterocycles. The molecule has 0 aromatic rings. The number of rotatable bonds is 2. The lowest BCUT2D eigenvalue weighted by molar-refractivity contribution is -0.136. The Bertz CT molecular complexity index is 87.7. The molecule has 0 radical (unpaired) electrons. The largest absolute Gasteiger partial charge is 0.481 e. The Morgan fingerprint density at radius 2 is 2.43 bits per heavy atom. The van der Waals surface area contributed by atoms with Gasteiger partial charge in [-0.25, -0.2) is 4.39 Å². The average molecular weight is 104 g/mol. The summed E-state index contributed by atoms with van der Waals surface area (Å²) in [5, 5.41) is 7.83. The number of halogens is 1. The highest BCUT2D eigenvalue weighted by Gasteiger charge is 1.86. The van der Waals surface area contributed by atoms with Gasteiger partial charge in [0.2, 0.25) is 0 Å². The summed E-state index contributed by atoms with van der Waals surface area (Å²) in [5.41, 5.74) is 0. The topological polar surface area (TPSA) is 37.3 Å². The summed E-state index contributed by atoms with van der Waals surface area (Å²) in [4.78, 5) is 9.54. The Morgan fingerprint density at radius 1 is 1.86 bits per heavy atom. The van der Waals surface area contributed by atoms with Crippen molar-refractivity contribution in [2.45, 2.75) is 6.42 Å². The number of hydrogen-bond acceptors (Lipinski definition) is 1. The molecule has 0 rings (SSSR count). The van der Waals surface area contributed by atoms with E-state index in [1.54, 1.807) is 0 Å². The van der Waals surface area contributed by atoms with E-state index in [2.05, 4.69) is 0 Å². The molecular weight excluding hydrogens is 99.0 g/mol. The Balaban J connectivity index is 3.14. The van der Waals surface area contributed by atoms with Gasteiger partial charge in [0.1, 0.15) is 0 Å². The third-order valence-corrected chi connectivity index (χ3v) is 0.382. The zero-order valence-corrected chi connectivity index (χ0v) is 3.60. The monoisotopic (exact) mass is 104 g/mol. The molecule has 0 atom stereocenters. The molecule has 1 N–H and O–H groups in total. The fourth-order valence-corrected chi connectivity index (χ4v) is 0.145. The molecule has 0 saturated heterocycles. The minimum Gasteiger partial charge on any atom is -0.481 e. The minimum atomic E-state index is -1.02. The van der Waals surface area contributed by atoms with E-state index in [4.69, 9.17) is 5.11 Å². The lowest BCUT2D eigenvalue weighted by Gasteiger charge is -1.76. The second kappa shape index (κ2) is 3.33. The van der Waals surface area contributed by atoms with Crippen LogP contribution in [0.5, 0.6) is 0 Å². The van der Waals surface area contributed by atoms with Gasteiger partial charge in [-0.3, -0.25) is 4.79 Å². The van der Waals surface area contributed by atoms with E-state index >= 15 is 0 Å². The van der Waals surface area contributed by atoms with Crippen LogP contribution < -0.4 is 0 Å². The van der Waals surface area contributed by atoms with Gasteiger partial charge in [-0.1, -0.05) is 0 Å². The molecule has 0 aliphatic heterocycles. The molecule has 0 aliphatic carbocycles. The Hall–Kier alpha value is -0.860. The Morgan fingerprint density at radius 3 is 2.57 bits per heavy atom. The lowest BCUT2D eigenvalue weighted by atomic mass is 10.4. The first kappa shape index (κ1) is 6.14. The van der Waals surface area contributed by atoms with Gasteiger partial charge in [-0.15, -0.1) is 0 Å². The van der Waals surface area contributed by atoms with Crippen molar-refractivity contribution in [2.75, 3.05) is 0 Å². The van der Waals surface area contributed by atoms with Crippen molar-refractivity contribution in [3.8, 4) is 0 Å². The van der Waals surface area contributed by atoms with Crippen LogP contribution in [0.25, 0.3) is 0 Å². The molecule has 0 fully saturated rings. The van der Waals surface area contributed by atoms with Crippen molar-refractivity contribution in [1.82, 2.24) is 0 Å². The van der Waals surface area contributed by atoms with E-state index in [0.29, 0.717) is 0 Å². The molecule has 0 heterocycles. The predicted octanol–water partition coefficient (Wildman–Crippen LogP) is 0.944. The highest BCUT2D eigenvalue weighted by molar-refractivity contribution is 5.68. The van der Waals surface area contributed by atoms with Crippen LogP contribution in [0.3, 0.4) is 0 Å². The minimum absolute atomic E-state index is 0.216. The highest BCUT2D eigenvalue weighted by atomic mass is 19.1. The van der Waals surface area contributed by atoms with Crippen LogP contribution >= 0.6 is 0 Å². The summed E-state index contributed by atoms with van der Waals surface area (Å²) in [6.07, 6.45) is 0.910. The number of carboxylic acids is 1. The van der Waals surface area contributed by atoms with Gasteiger partial charge in [0.05, 0.1) is 12.8 Å². The molecule has 2 nitrogen and oxygen atoms in total. The van der Waals surface area contributed by atoms with Gasteiger partial charge in [-0.05, 0) is 6.08 Å². The number of aliphatic carboxylic acids is 1. The van der Waals surface area contributed by atoms with Crippen molar-refractivity contribution >= 4 is 5.97 Å². The number of carbonyl (C=O) groups is 1. The summed E-state index contributed by atoms with van der Waals surface area (Å²) in [7, 11) is 0. The molecule has 7 heavy (non-hydrogen) atoms. The van der Waals surface area contributed by atoms with E-state index in [1.807, 2.05) is 0 Å². The number of hydrogen-bond donors (Lipinski definition) is 1. The first-order chi connectivity index (χ1) is 3.27. The van der Waals surface area contributed by atoms with Gasteiger partial charge < -0.3 is 5.11 Å². The molecule has 0 bridgehead atoms. The van der Waals surface area contributed by atoms with Crippen molar-refractivity contribution in [2.24, 2.45) is 0 Å². The molecule has 0 saturated carbocycles. The fourth-order valence-electron chi connectivity index (χ4n) is 0.145. The Kier molecular flexibility index (Phi) is 2.92. The van der Waals surface area contributed by atoms with Crippen LogP contribution in [-0.4, -0.2) is 11.1 Å².